The van der Waals surface area contributed by atoms with Gasteiger partial charge in [0.05, 0.1) is 10.6 Å². The highest BCUT2D eigenvalue weighted by Gasteiger charge is 2.12. The Labute approximate surface area is 154 Å². The molecule has 0 fully saturated rings. The normalized spacial score (nSPS) is 11.0. The molecular weight excluding hydrogens is 386 g/mol. The molecular formula is C15H8ClN3S4. The molecule has 0 radical (unpaired) electrons. The zero-order chi connectivity index (χ0) is 15.6. The molecule has 23 heavy (non-hydrogen) atoms. The molecule has 0 N–H and O–H groups in total. The zero-order valence-corrected chi connectivity index (χ0v) is 15.5. The zero-order valence-electron chi connectivity index (χ0n) is 11.5. The number of thiophene rings is 1. The van der Waals surface area contributed by atoms with Crippen LogP contribution in [-0.2, 0) is 0 Å². The summed E-state index contributed by atoms with van der Waals surface area (Å²) in [5.41, 5.74) is 2.02. The second-order valence-corrected chi connectivity index (χ2v) is 9.17. The Bertz CT molecular complexity index is 913. The summed E-state index contributed by atoms with van der Waals surface area (Å²) < 4.78 is 1.87. The highest BCUT2D eigenvalue weighted by molar-refractivity contribution is 8.02. The minimum Gasteiger partial charge on any atom is -0.229 e. The lowest BCUT2D eigenvalue weighted by Gasteiger charge is -1.95. The number of hydrogen-bond donors (Lipinski definition) is 0. The lowest BCUT2D eigenvalue weighted by molar-refractivity contribution is 1.01. The highest BCUT2D eigenvalue weighted by atomic mass is 35.5. The summed E-state index contributed by atoms with van der Waals surface area (Å²) in [5.74, 6) is 0. The molecule has 0 aliphatic carbocycles. The first-order valence-electron chi connectivity index (χ1n) is 6.54. The van der Waals surface area contributed by atoms with Crippen LogP contribution in [0.25, 0.3) is 21.1 Å². The first kappa shape index (κ1) is 15.3. The van der Waals surface area contributed by atoms with Gasteiger partial charge in [-0.25, -0.2) is 4.98 Å². The Balaban J connectivity index is 1.53. The van der Waals surface area contributed by atoms with Gasteiger partial charge in [-0.15, -0.1) is 32.9 Å². The van der Waals surface area contributed by atoms with Crippen LogP contribution in [0, 0.1) is 0 Å². The molecule has 8 heteroatoms. The van der Waals surface area contributed by atoms with E-state index in [1.165, 1.54) is 0 Å². The topological polar surface area (TPSA) is 38.7 Å². The van der Waals surface area contributed by atoms with Crippen molar-refractivity contribution in [3.05, 3.63) is 52.2 Å². The van der Waals surface area contributed by atoms with Gasteiger partial charge in [0.15, 0.2) is 13.7 Å². The standard InChI is InChI=1S/C15H8ClN3S4/c16-10-5-3-9(4-6-10)11-8-21-14(17-11)23-15-19-18-13(22-15)12-2-1-7-20-12/h1-8H. The van der Waals surface area contributed by atoms with Crippen LogP contribution in [0.1, 0.15) is 0 Å². The molecule has 4 aromatic rings. The Morgan fingerprint density at radius 2 is 1.83 bits per heavy atom. The molecule has 1 aromatic carbocycles. The summed E-state index contributed by atoms with van der Waals surface area (Å²) in [6.07, 6.45) is 0. The lowest BCUT2D eigenvalue weighted by atomic mass is 10.2. The van der Waals surface area contributed by atoms with Crippen molar-refractivity contribution < 1.29 is 0 Å². The van der Waals surface area contributed by atoms with Crippen molar-refractivity contribution >= 4 is 57.4 Å². The van der Waals surface area contributed by atoms with Crippen LogP contribution >= 0.6 is 57.4 Å². The summed E-state index contributed by atoms with van der Waals surface area (Å²) in [7, 11) is 0. The van der Waals surface area contributed by atoms with Crippen LogP contribution in [0.4, 0.5) is 0 Å². The molecule has 3 nitrogen and oxygen atoms in total. The van der Waals surface area contributed by atoms with Crippen LogP contribution in [0.2, 0.25) is 5.02 Å². The molecule has 0 aliphatic heterocycles. The summed E-state index contributed by atoms with van der Waals surface area (Å²) in [6, 6.07) is 11.8. The largest absolute Gasteiger partial charge is 0.229 e. The number of hydrogen-bond acceptors (Lipinski definition) is 7. The molecule has 4 rings (SSSR count). The lowest BCUT2D eigenvalue weighted by Crippen LogP contribution is -1.77. The third-order valence-corrected chi connectivity index (χ3v) is 7.14. The van der Waals surface area contributed by atoms with Gasteiger partial charge in [-0.1, -0.05) is 41.1 Å². The van der Waals surface area contributed by atoms with Gasteiger partial charge in [-0.2, -0.15) is 0 Å². The Kier molecular flexibility index (Phi) is 4.46. The second kappa shape index (κ2) is 6.70. The van der Waals surface area contributed by atoms with Gasteiger partial charge in [0.2, 0.25) is 0 Å². The molecule has 0 saturated heterocycles. The molecule has 114 valence electrons. The number of aromatic nitrogens is 3. The number of thiazole rings is 1. The van der Waals surface area contributed by atoms with Crippen molar-refractivity contribution in [1.29, 1.82) is 0 Å². The number of nitrogens with zero attached hydrogens (tertiary/aromatic N) is 3. The van der Waals surface area contributed by atoms with Gasteiger partial charge in [0.1, 0.15) is 0 Å². The molecule has 0 aliphatic rings. The maximum Gasteiger partial charge on any atom is 0.181 e. The van der Waals surface area contributed by atoms with Crippen LogP contribution in [0.3, 0.4) is 0 Å². The fourth-order valence-corrected chi connectivity index (χ4v) is 5.68. The van der Waals surface area contributed by atoms with Crippen molar-refractivity contribution in [2.45, 2.75) is 8.68 Å². The fraction of sp³-hybridized carbons (Fsp3) is 0. The third-order valence-electron chi connectivity index (χ3n) is 2.94. The van der Waals surface area contributed by atoms with E-state index in [1.807, 2.05) is 41.1 Å². The molecule has 0 spiro atoms. The van der Waals surface area contributed by atoms with Gasteiger partial charge >= 0.3 is 0 Å². The summed E-state index contributed by atoms with van der Waals surface area (Å²) in [5, 5.41) is 14.3. The monoisotopic (exact) mass is 393 g/mol. The fourth-order valence-electron chi connectivity index (χ4n) is 1.88. The van der Waals surface area contributed by atoms with E-state index in [1.54, 1.807) is 45.8 Å². The Morgan fingerprint density at radius 3 is 2.61 bits per heavy atom. The minimum absolute atomic E-state index is 0.730. The van der Waals surface area contributed by atoms with Crippen molar-refractivity contribution in [1.82, 2.24) is 15.2 Å². The number of halogens is 1. The van der Waals surface area contributed by atoms with Crippen LogP contribution < -0.4 is 0 Å². The molecule has 0 bridgehead atoms. The maximum atomic E-state index is 5.92. The van der Waals surface area contributed by atoms with Crippen molar-refractivity contribution in [3.8, 4) is 21.1 Å². The van der Waals surface area contributed by atoms with E-state index in [0.717, 1.165) is 34.8 Å². The SMILES string of the molecule is Clc1ccc(-c2csc(Sc3nnc(-c4cccs4)s3)n2)cc1. The maximum absolute atomic E-state index is 5.92. The van der Waals surface area contributed by atoms with Gasteiger partial charge in [-0.3, -0.25) is 0 Å². The van der Waals surface area contributed by atoms with Crippen molar-refractivity contribution in [2.75, 3.05) is 0 Å². The smallest absolute Gasteiger partial charge is 0.181 e. The van der Waals surface area contributed by atoms with Crippen molar-refractivity contribution in [2.24, 2.45) is 0 Å². The first-order valence-corrected chi connectivity index (χ1v) is 10.3. The van der Waals surface area contributed by atoms with E-state index in [2.05, 4.69) is 21.2 Å². The van der Waals surface area contributed by atoms with E-state index >= 15 is 0 Å². The molecule has 3 aromatic heterocycles. The summed E-state index contributed by atoms with van der Waals surface area (Å²) in [6.45, 7) is 0. The van der Waals surface area contributed by atoms with E-state index in [9.17, 15) is 0 Å². The molecule has 0 unspecified atom stereocenters. The van der Waals surface area contributed by atoms with Crippen LogP contribution in [-0.4, -0.2) is 15.2 Å². The number of rotatable bonds is 4. The van der Waals surface area contributed by atoms with E-state index in [4.69, 9.17) is 11.6 Å². The van der Waals surface area contributed by atoms with Gasteiger partial charge in [-0.05, 0) is 35.3 Å². The average molecular weight is 394 g/mol. The predicted molar refractivity (Wildman–Crippen MR) is 99.9 cm³/mol. The Hall–Kier alpha value is -1.25. The third kappa shape index (κ3) is 3.49. The highest BCUT2D eigenvalue weighted by Crippen LogP contribution is 2.37. The van der Waals surface area contributed by atoms with Gasteiger partial charge in [0, 0.05) is 16.0 Å². The quantitative estimate of drug-likeness (QED) is 0.414. The Morgan fingerprint density at radius 1 is 0.957 bits per heavy atom. The van der Waals surface area contributed by atoms with Crippen LogP contribution in [0.15, 0.2) is 55.8 Å². The predicted octanol–water partition coefficient (Wildman–Crippen LogP) is 6.19. The molecule has 3 heterocycles. The van der Waals surface area contributed by atoms with Crippen LogP contribution in [0.5, 0.6) is 0 Å². The van der Waals surface area contributed by atoms with Gasteiger partial charge in [0.25, 0.3) is 0 Å². The summed E-state index contributed by atoms with van der Waals surface area (Å²) in [4.78, 5) is 5.81. The van der Waals surface area contributed by atoms with Crippen molar-refractivity contribution in [3.63, 3.8) is 0 Å². The van der Waals surface area contributed by atoms with E-state index in [0.29, 0.717) is 0 Å². The van der Waals surface area contributed by atoms with E-state index < -0.39 is 0 Å². The minimum atomic E-state index is 0.730. The molecule has 0 saturated carbocycles. The van der Waals surface area contributed by atoms with Gasteiger partial charge < -0.3 is 0 Å². The second-order valence-electron chi connectivity index (χ2n) is 4.46. The first-order chi connectivity index (χ1) is 11.3. The molecule has 0 atom stereocenters. The number of benzene rings is 1. The van der Waals surface area contributed by atoms with E-state index in [-0.39, 0.29) is 0 Å². The molecule has 0 amide bonds. The summed E-state index contributed by atoms with van der Waals surface area (Å²) >= 11 is 12.4. The average Bonchev–Trinajstić information content (AvgIpc) is 3.29.